The SMILES string of the molecule is CNC(=O)C1CCCN1CC(=O)c1ccn(C)c1. The highest BCUT2D eigenvalue weighted by Crippen LogP contribution is 2.17. The van der Waals surface area contributed by atoms with Gasteiger partial charge >= 0.3 is 0 Å². The molecule has 2 heterocycles. The smallest absolute Gasteiger partial charge is 0.237 e. The van der Waals surface area contributed by atoms with Crippen LogP contribution in [0.2, 0.25) is 0 Å². The van der Waals surface area contributed by atoms with Gasteiger partial charge in [-0.25, -0.2) is 0 Å². The van der Waals surface area contributed by atoms with Gasteiger partial charge in [0.15, 0.2) is 5.78 Å². The van der Waals surface area contributed by atoms with Crippen LogP contribution >= 0.6 is 0 Å². The van der Waals surface area contributed by atoms with Gasteiger partial charge < -0.3 is 9.88 Å². The second kappa shape index (κ2) is 5.35. The molecule has 1 unspecified atom stereocenters. The zero-order valence-electron chi connectivity index (χ0n) is 10.8. The lowest BCUT2D eigenvalue weighted by molar-refractivity contribution is -0.124. The number of likely N-dealkylation sites (tertiary alicyclic amines) is 1. The maximum absolute atomic E-state index is 12.1. The first-order valence-electron chi connectivity index (χ1n) is 6.22. The number of hydrogen-bond donors (Lipinski definition) is 1. The van der Waals surface area contributed by atoms with Gasteiger partial charge in [-0.1, -0.05) is 0 Å². The summed E-state index contributed by atoms with van der Waals surface area (Å²) in [7, 11) is 3.53. The lowest BCUT2D eigenvalue weighted by Crippen LogP contribution is -2.43. The number of carbonyl (C=O) groups is 2. The Bertz CT molecular complexity index is 453. The molecule has 1 aromatic heterocycles. The van der Waals surface area contributed by atoms with Gasteiger partial charge in [0.25, 0.3) is 0 Å². The third-order valence-electron chi connectivity index (χ3n) is 3.41. The van der Waals surface area contributed by atoms with Gasteiger partial charge in [0.05, 0.1) is 12.6 Å². The molecule has 5 heteroatoms. The van der Waals surface area contributed by atoms with Gasteiger partial charge in [0.1, 0.15) is 0 Å². The van der Waals surface area contributed by atoms with E-state index in [9.17, 15) is 9.59 Å². The average molecular weight is 249 g/mol. The van der Waals surface area contributed by atoms with Crippen molar-refractivity contribution in [1.29, 1.82) is 0 Å². The summed E-state index contributed by atoms with van der Waals surface area (Å²) in [6.07, 6.45) is 5.47. The molecule has 1 N–H and O–H groups in total. The second-order valence-electron chi connectivity index (χ2n) is 4.73. The third-order valence-corrected chi connectivity index (χ3v) is 3.41. The Balaban J connectivity index is 2.00. The predicted octanol–water partition coefficient (Wildman–Crippen LogP) is 0.418. The lowest BCUT2D eigenvalue weighted by atomic mass is 10.1. The van der Waals surface area contributed by atoms with Crippen molar-refractivity contribution in [3.05, 3.63) is 24.0 Å². The Morgan fingerprint density at radius 2 is 2.28 bits per heavy atom. The Kier molecular flexibility index (Phi) is 3.81. The van der Waals surface area contributed by atoms with Crippen LogP contribution in [0.15, 0.2) is 18.5 Å². The monoisotopic (exact) mass is 249 g/mol. The summed E-state index contributed by atoms with van der Waals surface area (Å²) in [5.74, 6) is 0.0831. The highest BCUT2D eigenvalue weighted by molar-refractivity contribution is 5.98. The van der Waals surface area contributed by atoms with Crippen molar-refractivity contribution in [2.75, 3.05) is 20.1 Å². The third kappa shape index (κ3) is 2.61. The second-order valence-corrected chi connectivity index (χ2v) is 4.73. The van der Waals surface area contributed by atoms with Crippen molar-refractivity contribution in [2.24, 2.45) is 7.05 Å². The van der Waals surface area contributed by atoms with E-state index in [1.54, 1.807) is 7.05 Å². The van der Waals surface area contributed by atoms with Crippen LogP contribution in [0.1, 0.15) is 23.2 Å². The van der Waals surface area contributed by atoms with E-state index in [-0.39, 0.29) is 17.7 Å². The summed E-state index contributed by atoms with van der Waals surface area (Å²) in [4.78, 5) is 25.7. The first-order chi connectivity index (χ1) is 8.61. The molecule has 0 saturated carbocycles. The summed E-state index contributed by atoms with van der Waals surface area (Å²) >= 11 is 0. The highest BCUT2D eigenvalue weighted by atomic mass is 16.2. The number of Topliss-reactive ketones (excluding diaryl/α,β-unsaturated/α-hetero) is 1. The van der Waals surface area contributed by atoms with E-state index in [1.165, 1.54) is 0 Å². The van der Waals surface area contributed by atoms with Gasteiger partial charge in [-0.3, -0.25) is 14.5 Å². The molecule has 0 aliphatic carbocycles. The van der Waals surface area contributed by atoms with Crippen LogP contribution in [-0.4, -0.2) is 47.3 Å². The lowest BCUT2D eigenvalue weighted by Gasteiger charge is -2.21. The minimum absolute atomic E-state index is 0.00774. The largest absolute Gasteiger partial charge is 0.358 e. The molecule has 1 aliphatic heterocycles. The molecule has 1 saturated heterocycles. The van der Waals surface area contributed by atoms with Gasteiger partial charge in [0.2, 0.25) is 5.91 Å². The van der Waals surface area contributed by atoms with Gasteiger partial charge in [-0.15, -0.1) is 0 Å². The molecule has 1 amide bonds. The fraction of sp³-hybridized carbons (Fsp3) is 0.538. The number of ketones is 1. The molecule has 0 spiro atoms. The molecule has 0 aromatic carbocycles. The molecule has 1 atom stereocenters. The molecule has 1 aliphatic rings. The number of carbonyl (C=O) groups excluding carboxylic acids is 2. The van der Waals surface area contributed by atoms with Crippen molar-refractivity contribution < 1.29 is 9.59 Å². The molecule has 0 radical (unpaired) electrons. The summed E-state index contributed by atoms with van der Waals surface area (Å²) in [6.45, 7) is 1.14. The number of hydrogen-bond acceptors (Lipinski definition) is 3. The fourth-order valence-electron chi connectivity index (χ4n) is 2.42. The molecule has 98 valence electrons. The maximum atomic E-state index is 12.1. The first kappa shape index (κ1) is 12.8. The van der Waals surface area contributed by atoms with E-state index in [0.717, 1.165) is 19.4 Å². The van der Waals surface area contributed by atoms with E-state index in [2.05, 4.69) is 5.32 Å². The van der Waals surface area contributed by atoms with Crippen LogP contribution in [0.3, 0.4) is 0 Å². The molecule has 5 nitrogen and oxygen atoms in total. The summed E-state index contributed by atoms with van der Waals surface area (Å²) < 4.78 is 1.85. The maximum Gasteiger partial charge on any atom is 0.237 e. The van der Waals surface area contributed by atoms with Crippen molar-refractivity contribution in [2.45, 2.75) is 18.9 Å². The first-order valence-corrected chi connectivity index (χ1v) is 6.22. The molecular formula is C13H19N3O2. The van der Waals surface area contributed by atoms with Crippen LogP contribution in [0.25, 0.3) is 0 Å². The van der Waals surface area contributed by atoms with Crippen molar-refractivity contribution >= 4 is 11.7 Å². The van der Waals surface area contributed by atoms with E-state index in [0.29, 0.717) is 12.1 Å². The quantitative estimate of drug-likeness (QED) is 0.787. The Labute approximate surface area is 107 Å². The number of amides is 1. The van der Waals surface area contributed by atoms with E-state index in [4.69, 9.17) is 0 Å². The number of likely N-dealkylation sites (N-methyl/N-ethyl adjacent to an activating group) is 1. The van der Waals surface area contributed by atoms with Gasteiger partial charge in [0, 0.05) is 32.1 Å². The van der Waals surface area contributed by atoms with E-state index < -0.39 is 0 Å². The fourth-order valence-corrected chi connectivity index (χ4v) is 2.42. The number of nitrogens with zero attached hydrogens (tertiary/aromatic N) is 2. The number of nitrogens with one attached hydrogen (secondary N) is 1. The molecule has 18 heavy (non-hydrogen) atoms. The highest BCUT2D eigenvalue weighted by Gasteiger charge is 2.31. The topological polar surface area (TPSA) is 54.3 Å². The van der Waals surface area contributed by atoms with Crippen LogP contribution in [0, 0.1) is 0 Å². The van der Waals surface area contributed by atoms with E-state index >= 15 is 0 Å². The average Bonchev–Trinajstić information content (AvgIpc) is 2.97. The van der Waals surface area contributed by atoms with Crippen LogP contribution in [0.5, 0.6) is 0 Å². The number of rotatable bonds is 4. The predicted molar refractivity (Wildman–Crippen MR) is 68.4 cm³/mol. The minimum Gasteiger partial charge on any atom is -0.358 e. The Morgan fingerprint density at radius 1 is 1.50 bits per heavy atom. The molecule has 0 bridgehead atoms. The Morgan fingerprint density at radius 3 is 2.89 bits per heavy atom. The molecule has 1 aromatic rings. The molecular weight excluding hydrogens is 230 g/mol. The normalized spacial score (nSPS) is 20.0. The van der Waals surface area contributed by atoms with Gasteiger partial charge in [-0.2, -0.15) is 0 Å². The standard InChI is InChI=1S/C13H19N3O2/c1-14-13(18)11-4-3-6-16(11)9-12(17)10-5-7-15(2)8-10/h5,7-8,11H,3-4,6,9H2,1-2H3,(H,14,18). The minimum atomic E-state index is -0.150. The summed E-state index contributed by atoms with van der Waals surface area (Å²) in [5.41, 5.74) is 0.708. The number of aromatic nitrogens is 1. The molecule has 1 fully saturated rings. The van der Waals surface area contributed by atoms with Crippen molar-refractivity contribution in [1.82, 2.24) is 14.8 Å². The zero-order valence-corrected chi connectivity index (χ0v) is 10.8. The van der Waals surface area contributed by atoms with Crippen molar-refractivity contribution in [3.8, 4) is 0 Å². The van der Waals surface area contributed by atoms with Gasteiger partial charge in [-0.05, 0) is 25.5 Å². The summed E-state index contributed by atoms with van der Waals surface area (Å²) in [5, 5.41) is 2.66. The van der Waals surface area contributed by atoms with Crippen molar-refractivity contribution in [3.63, 3.8) is 0 Å². The Hall–Kier alpha value is -1.62. The van der Waals surface area contributed by atoms with Crippen LogP contribution < -0.4 is 5.32 Å². The van der Waals surface area contributed by atoms with Crippen LogP contribution in [-0.2, 0) is 11.8 Å². The van der Waals surface area contributed by atoms with Crippen LogP contribution in [0.4, 0.5) is 0 Å². The molecule has 2 rings (SSSR count). The van der Waals surface area contributed by atoms with E-state index in [1.807, 2.05) is 35.0 Å². The zero-order chi connectivity index (χ0) is 13.1. The number of aryl methyl sites for hydroxylation is 1. The summed E-state index contributed by atoms with van der Waals surface area (Å²) in [6, 6.07) is 1.66.